The lowest BCUT2D eigenvalue weighted by Gasteiger charge is -2.46. The van der Waals surface area contributed by atoms with Crippen LogP contribution in [0.1, 0.15) is 51.0 Å². The summed E-state index contributed by atoms with van der Waals surface area (Å²) in [7, 11) is 0. The van der Waals surface area contributed by atoms with Gasteiger partial charge in [0.25, 0.3) is 0 Å². The van der Waals surface area contributed by atoms with Crippen molar-refractivity contribution in [3.63, 3.8) is 0 Å². The topological polar surface area (TPSA) is 60.8 Å². The maximum atomic E-state index is 12.4. The second-order valence-corrected chi connectivity index (χ2v) is 8.73. The number of carbonyl (C=O) groups is 1. The minimum atomic E-state index is -0.462. The summed E-state index contributed by atoms with van der Waals surface area (Å²) in [5.41, 5.74) is 2.74. The molecule has 3 aromatic rings. The van der Waals surface area contributed by atoms with Gasteiger partial charge in [0.15, 0.2) is 0 Å². The molecular weight excluding hydrogens is 520 g/mol. The van der Waals surface area contributed by atoms with E-state index in [0.717, 1.165) is 20.4 Å². The Bertz CT molecular complexity index is 1010. The molecule has 1 fully saturated rings. The van der Waals surface area contributed by atoms with Crippen molar-refractivity contribution in [1.29, 1.82) is 0 Å². The molecule has 0 spiro atoms. The molecule has 1 heterocycles. The van der Waals surface area contributed by atoms with Gasteiger partial charge in [0.1, 0.15) is 11.6 Å². The number of phenolic OH excluding ortho intramolecular Hbond substituents is 1. The highest BCUT2D eigenvalue weighted by Gasteiger charge is 2.45. The zero-order valence-electron chi connectivity index (χ0n) is 17.4. The molecule has 4 nitrogen and oxygen atoms in total. The minimum Gasteiger partial charge on any atom is -0.508 e. The van der Waals surface area contributed by atoms with Gasteiger partial charge in [0.2, 0.25) is 5.91 Å². The molecule has 1 aliphatic rings. The largest absolute Gasteiger partial charge is 0.508 e. The molecule has 3 aromatic carbocycles. The quantitative estimate of drug-likeness (QED) is 0.284. The molecule has 2 N–H and O–H groups in total. The molecule has 170 valence electrons. The Morgan fingerprint density at radius 2 is 1.56 bits per heavy atom. The predicted octanol–water partition coefficient (Wildman–Crippen LogP) is 6.63. The summed E-state index contributed by atoms with van der Waals surface area (Å²) >= 11 is 2.25. The van der Waals surface area contributed by atoms with Gasteiger partial charge in [-0.1, -0.05) is 45.5 Å². The zero-order chi connectivity index (χ0) is 22.5. The highest BCUT2D eigenvalue weighted by molar-refractivity contribution is 14.1. The molecule has 6 heteroatoms. The van der Waals surface area contributed by atoms with Crippen LogP contribution in [0.3, 0.4) is 0 Å². The number of anilines is 1. The lowest BCUT2D eigenvalue weighted by Crippen LogP contribution is -2.54. The van der Waals surface area contributed by atoms with Crippen LogP contribution in [0.25, 0.3) is 0 Å². The van der Waals surface area contributed by atoms with Crippen LogP contribution in [-0.2, 0) is 4.79 Å². The molecular formula is C26H29FINO3. The van der Waals surface area contributed by atoms with Gasteiger partial charge in [-0.25, -0.2) is 4.39 Å². The molecule has 0 saturated carbocycles. The first-order valence-electron chi connectivity index (χ1n) is 10.1. The average molecular weight is 549 g/mol. The number of halogens is 2. The summed E-state index contributed by atoms with van der Waals surface area (Å²) in [6.45, 7) is 3.83. The molecule has 0 aliphatic carbocycles. The standard InChI is InChI=1S/C16H14INO2.C9H11FO.CH4/c1-10-15(11-2-8-14(19)9-3-11)18(16(10)20)13-6-4-12(17)5-7-13;1-2-9(11)7-3-5-8(10)6-4-7;/h2-10,15,19H,1H3;3-6,9,11H,2H2,1H3;1H4/t10-,15+;9-;/m10./s1. The fourth-order valence-corrected chi connectivity index (χ4v) is 3.91. The van der Waals surface area contributed by atoms with E-state index >= 15 is 0 Å². The molecule has 1 aliphatic heterocycles. The SMILES string of the molecule is C.CC[C@H](O)c1ccc(F)cc1.C[C@H]1C(=O)N(c2ccc(I)cc2)[C@@H]1c1ccc(O)cc1. The van der Waals surface area contributed by atoms with Crippen molar-refractivity contribution in [3.05, 3.63) is 93.3 Å². The highest BCUT2D eigenvalue weighted by Crippen LogP contribution is 2.43. The number of rotatable bonds is 4. The minimum absolute atomic E-state index is 0. The fraction of sp³-hybridized carbons (Fsp3) is 0.269. The lowest BCUT2D eigenvalue weighted by atomic mass is 9.83. The number of hydrogen-bond acceptors (Lipinski definition) is 3. The predicted molar refractivity (Wildman–Crippen MR) is 135 cm³/mol. The highest BCUT2D eigenvalue weighted by atomic mass is 127. The van der Waals surface area contributed by atoms with Crippen LogP contribution in [0.2, 0.25) is 0 Å². The molecule has 0 radical (unpaired) electrons. The summed E-state index contributed by atoms with van der Waals surface area (Å²) in [4.78, 5) is 14.0. The van der Waals surface area contributed by atoms with E-state index in [4.69, 9.17) is 0 Å². The average Bonchev–Trinajstić information content (AvgIpc) is 2.79. The first-order chi connectivity index (χ1) is 14.8. The Labute approximate surface area is 202 Å². The van der Waals surface area contributed by atoms with Crippen molar-refractivity contribution in [2.75, 3.05) is 4.90 Å². The van der Waals surface area contributed by atoms with Crippen LogP contribution in [0.5, 0.6) is 5.75 Å². The van der Waals surface area contributed by atoms with Gasteiger partial charge in [-0.2, -0.15) is 0 Å². The molecule has 1 saturated heterocycles. The first-order valence-corrected chi connectivity index (χ1v) is 11.2. The summed E-state index contributed by atoms with van der Waals surface area (Å²) in [6.07, 6.45) is 0.196. The van der Waals surface area contributed by atoms with E-state index in [1.807, 2.05) is 55.1 Å². The van der Waals surface area contributed by atoms with Crippen molar-refractivity contribution < 1.29 is 19.4 Å². The number of carbonyl (C=O) groups excluding carboxylic acids is 1. The van der Waals surface area contributed by atoms with Crippen LogP contribution in [-0.4, -0.2) is 16.1 Å². The summed E-state index contributed by atoms with van der Waals surface area (Å²) in [5, 5.41) is 18.7. The first kappa shape index (κ1) is 25.8. The van der Waals surface area contributed by atoms with Crippen LogP contribution in [0.4, 0.5) is 10.1 Å². The second-order valence-electron chi connectivity index (χ2n) is 7.49. The van der Waals surface area contributed by atoms with E-state index in [2.05, 4.69) is 22.6 Å². The van der Waals surface area contributed by atoms with Gasteiger partial charge < -0.3 is 15.1 Å². The molecule has 0 unspecified atom stereocenters. The molecule has 3 atom stereocenters. The van der Waals surface area contributed by atoms with Crippen molar-refractivity contribution in [2.24, 2.45) is 5.92 Å². The summed E-state index contributed by atoms with van der Waals surface area (Å²) in [5.74, 6) is 0.0908. The number of aromatic hydroxyl groups is 1. The molecule has 0 aromatic heterocycles. The molecule has 1 amide bonds. The second kappa shape index (κ2) is 11.4. The number of benzene rings is 3. The Balaban J connectivity index is 0.000000259. The zero-order valence-corrected chi connectivity index (χ0v) is 19.5. The Hall–Kier alpha value is -2.45. The van der Waals surface area contributed by atoms with Gasteiger partial charge in [-0.05, 0) is 88.7 Å². The monoisotopic (exact) mass is 549 g/mol. The van der Waals surface area contributed by atoms with E-state index in [1.54, 1.807) is 24.3 Å². The van der Waals surface area contributed by atoms with E-state index in [0.29, 0.717) is 6.42 Å². The lowest BCUT2D eigenvalue weighted by molar-refractivity contribution is -0.129. The number of amides is 1. The van der Waals surface area contributed by atoms with E-state index in [1.165, 1.54) is 12.1 Å². The van der Waals surface area contributed by atoms with Crippen LogP contribution < -0.4 is 4.90 Å². The number of aliphatic hydroxyl groups excluding tert-OH is 1. The Kier molecular flexibility index (Phi) is 9.21. The number of aliphatic hydroxyl groups is 1. The maximum Gasteiger partial charge on any atom is 0.232 e. The third-order valence-corrected chi connectivity index (χ3v) is 6.08. The normalized spacial score (nSPS) is 18.0. The summed E-state index contributed by atoms with van der Waals surface area (Å²) < 4.78 is 13.5. The number of hydrogen-bond donors (Lipinski definition) is 2. The molecule has 0 bridgehead atoms. The van der Waals surface area contributed by atoms with Crippen molar-refractivity contribution in [1.82, 2.24) is 0 Å². The number of phenols is 1. The van der Waals surface area contributed by atoms with Crippen LogP contribution in [0.15, 0.2) is 72.8 Å². The molecule has 32 heavy (non-hydrogen) atoms. The maximum absolute atomic E-state index is 12.4. The smallest absolute Gasteiger partial charge is 0.232 e. The van der Waals surface area contributed by atoms with Crippen LogP contribution >= 0.6 is 22.6 Å². The Morgan fingerprint density at radius 1 is 1.00 bits per heavy atom. The molecule has 4 rings (SSSR count). The van der Waals surface area contributed by atoms with Gasteiger partial charge in [0.05, 0.1) is 18.1 Å². The van der Waals surface area contributed by atoms with Crippen molar-refractivity contribution in [2.45, 2.75) is 39.8 Å². The van der Waals surface area contributed by atoms with Crippen LogP contribution in [0, 0.1) is 15.3 Å². The van der Waals surface area contributed by atoms with Gasteiger partial charge in [-0.15, -0.1) is 0 Å². The van der Waals surface area contributed by atoms with Crippen molar-refractivity contribution >= 4 is 34.2 Å². The third kappa shape index (κ3) is 5.86. The third-order valence-electron chi connectivity index (χ3n) is 5.36. The number of nitrogens with zero attached hydrogens (tertiary/aromatic N) is 1. The fourth-order valence-electron chi connectivity index (χ4n) is 3.55. The van der Waals surface area contributed by atoms with Crippen molar-refractivity contribution in [3.8, 4) is 5.75 Å². The van der Waals surface area contributed by atoms with Gasteiger partial charge in [0, 0.05) is 9.26 Å². The summed E-state index contributed by atoms with van der Waals surface area (Å²) in [6, 6.07) is 21.0. The van der Waals surface area contributed by atoms with Gasteiger partial charge in [-0.3, -0.25) is 4.79 Å². The van der Waals surface area contributed by atoms with E-state index in [-0.39, 0.29) is 36.9 Å². The number of β-lactam (4-membered cyclic amide) rings is 1. The van der Waals surface area contributed by atoms with E-state index in [9.17, 15) is 19.4 Å². The Morgan fingerprint density at radius 3 is 2.09 bits per heavy atom. The van der Waals surface area contributed by atoms with E-state index < -0.39 is 6.10 Å². The van der Waals surface area contributed by atoms with Gasteiger partial charge >= 0.3 is 0 Å².